The summed E-state index contributed by atoms with van der Waals surface area (Å²) in [6.07, 6.45) is 1.79. The summed E-state index contributed by atoms with van der Waals surface area (Å²) in [5.41, 5.74) is 0.943. The predicted octanol–water partition coefficient (Wildman–Crippen LogP) is 3.92. The zero-order valence-corrected chi connectivity index (χ0v) is 11.7. The maximum atomic E-state index is 13.1. The van der Waals surface area contributed by atoms with Gasteiger partial charge in [0, 0.05) is 5.54 Å². The third-order valence-electron chi connectivity index (χ3n) is 3.01. The van der Waals surface area contributed by atoms with Gasteiger partial charge >= 0.3 is 0 Å². The number of rotatable bonds is 5. The summed E-state index contributed by atoms with van der Waals surface area (Å²) < 4.78 is 26.0. The predicted molar refractivity (Wildman–Crippen MR) is 71.6 cm³/mol. The van der Waals surface area contributed by atoms with Crippen LogP contribution in [0, 0.1) is 17.6 Å². The van der Waals surface area contributed by atoms with Crippen LogP contribution in [-0.4, -0.2) is 12.1 Å². The minimum absolute atomic E-state index is 0.0848. The molecule has 3 heteroatoms. The fourth-order valence-corrected chi connectivity index (χ4v) is 1.81. The molecule has 0 aliphatic rings. The first-order valence-corrected chi connectivity index (χ1v) is 6.50. The fraction of sp³-hybridized carbons (Fsp3) is 0.600. The average molecular weight is 255 g/mol. The summed E-state index contributed by atoms with van der Waals surface area (Å²) in [6.45, 7) is 9.37. The fourth-order valence-electron chi connectivity index (χ4n) is 1.81. The third kappa shape index (κ3) is 5.13. The van der Waals surface area contributed by atoms with Crippen LogP contribution in [0.5, 0.6) is 0 Å². The highest BCUT2D eigenvalue weighted by molar-refractivity contribution is 5.18. The van der Waals surface area contributed by atoms with E-state index >= 15 is 0 Å². The molecule has 0 spiro atoms. The van der Waals surface area contributed by atoms with Crippen LogP contribution >= 0.6 is 0 Å². The van der Waals surface area contributed by atoms with Gasteiger partial charge in [0.25, 0.3) is 0 Å². The Morgan fingerprint density at radius 2 is 1.83 bits per heavy atom. The molecule has 1 N–H and O–H groups in total. The first kappa shape index (κ1) is 15.1. The number of hydrogen-bond donors (Lipinski definition) is 1. The molecule has 1 rings (SSSR count). The van der Waals surface area contributed by atoms with Crippen LogP contribution in [0.3, 0.4) is 0 Å². The van der Waals surface area contributed by atoms with Crippen LogP contribution in [0.4, 0.5) is 8.78 Å². The molecular weight excluding hydrogens is 232 g/mol. The molecule has 0 aliphatic carbocycles. The smallest absolute Gasteiger partial charge is 0.159 e. The van der Waals surface area contributed by atoms with Gasteiger partial charge in [-0.1, -0.05) is 19.4 Å². The lowest BCUT2D eigenvalue weighted by Gasteiger charge is -2.24. The van der Waals surface area contributed by atoms with Gasteiger partial charge in [0.2, 0.25) is 0 Å². The highest BCUT2D eigenvalue weighted by Gasteiger charge is 2.14. The van der Waals surface area contributed by atoms with Crippen molar-refractivity contribution in [3.05, 3.63) is 35.4 Å². The number of nitrogens with one attached hydrogen (secondary N) is 1. The van der Waals surface area contributed by atoms with E-state index in [1.165, 1.54) is 12.1 Å². The Hall–Kier alpha value is -0.960. The molecule has 0 aliphatic heterocycles. The topological polar surface area (TPSA) is 12.0 Å². The number of hydrogen-bond acceptors (Lipinski definition) is 1. The van der Waals surface area contributed by atoms with E-state index in [0.717, 1.165) is 24.9 Å². The summed E-state index contributed by atoms with van der Waals surface area (Å²) in [7, 11) is 0. The van der Waals surface area contributed by atoms with E-state index in [1.807, 2.05) is 0 Å². The third-order valence-corrected chi connectivity index (χ3v) is 3.01. The van der Waals surface area contributed by atoms with Gasteiger partial charge in [0.15, 0.2) is 11.6 Å². The van der Waals surface area contributed by atoms with E-state index in [-0.39, 0.29) is 5.54 Å². The van der Waals surface area contributed by atoms with Gasteiger partial charge in [-0.05, 0) is 57.4 Å². The van der Waals surface area contributed by atoms with E-state index in [4.69, 9.17) is 0 Å². The Labute approximate surface area is 109 Å². The Morgan fingerprint density at radius 3 is 2.33 bits per heavy atom. The van der Waals surface area contributed by atoms with Crippen molar-refractivity contribution in [1.29, 1.82) is 0 Å². The Bertz CT molecular complexity index is 383. The van der Waals surface area contributed by atoms with Crippen molar-refractivity contribution >= 4 is 0 Å². The van der Waals surface area contributed by atoms with Crippen molar-refractivity contribution in [3.8, 4) is 0 Å². The molecule has 18 heavy (non-hydrogen) atoms. The standard InChI is InChI=1S/C15H23F2N/c1-5-11(10-18-15(2,3)4)8-12-6-7-13(16)14(17)9-12/h6-7,9,11,18H,5,8,10H2,1-4H3. The molecule has 1 aromatic rings. The number of benzene rings is 1. The highest BCUT2D eigenvalue weighted by Crippen LogP contribution is 2.15. The summed E-state index contributed by atoms with van der Waals surface area (Å²) in [5.74, 6) is -1.10. The molecule has 0 amide bonds. The molecule has 0 saturated heterocycles. The molecule has 0 heterocycles. The lowest BCUT2D eigenvalue weighted by atomic mass is 9.95. The summed E-state index contributed by atoms with van der Waals surface area (Å²) in [5, 5.41) is 3.45. The van der Waals surface area contributed by atoms with Gasteiger partial charge in [0.1, 0.15) is 0 Å². The molecule has 0 saturated carbocycles. The second-order valence-electron chi connectivity index (χ2n) is 5.86. The molecule has 0 fully saturated rings. The maximum Gasteiger partial charge on any atom is 0.159 e. The van der Waals surface area contributed by atoms with E-state index in [0.29, 0.717) is 5.92 Å². The zero-order valence-electron chi connectivity index (χ0n) is 11.7. The molecule has 102 valence electrons. The molecule has 0 radical (unpaired) electrons. The quantitative estimate of drug-likeness (QED) is 0.841. The molecule has 0 aromatic heterocycles. The second-order valence-corrected chi connectivity index (χ2v) is 5.86. The van der Waals surface area contributed by atoms with Crippen LogP contribution in [0.25, 0.3) is 0 Å². The van der Waals surface area contributed by atoms with Crippen LogP contribution in [0.2, 0.25) is 0 Å². The maximum absolute atomic E-state index is 13.1. The molecule has 1 aromatic carbocycles. The van der Waals surface area contributed by atoms with Gasteiger partial charge in [-0.2, -0.15) is 0 Å². The van der Waals surface area contributed by atoms with E-state index in [9.17, 15) is 8.78 Å². The Morgan fingerprint density at radius 1 is 1.17 bits per heavy atom. The Kier molecular flexibility index (Phi) is 5.27. The lowest BCUT2D eigenvalue weighted by Crippen LogP contribution is -2.39. The highest BCUT2D eigenvalue weighted by atomic mass is 19.2. The normalized spacial score (nSPS) is 13.7. The van der Waals surface area contributed by atoms with Crippen molar-refractivity contribution < 1.29 is 8.78 Å². The van der Waals surface area contributed by atoms with Crippen LogP contribution in [0.15, 0.2) is 18.2 Å². The van der Waals surface area contributed by atoms with Gasteiger partial charge < -0.3 is 5.32 Å². The minimum Gasteiger partial charge on any atom is -0.312 e. The van der Waals surface area contributed by atoms with Gasteiger partial charge in [-0.3, -0.25) is 0 Å². The van der Waals surface area contributed by atoms with Crippen molar-refractivity contribution in [2.24, 2.45) is 5.92 Å². The summed E-state index contributed by atoms with van der Waals surface area (Å²) >= 11 is 0. The van der Waals surface area contributed by atoms with E-state index in [1.54, 1.807) is 6.07 Å². The summed E-state index contributed by atoms with van der Waals surface area (Å²) in [4.78, 5) is 0. The minimum atomic E-state index is -0.778. The van der Waals surface area contributed by atoms with Crippen LogP contribution in [0.1, 0.15) is 39.7 Å². The monoisotopic (exact) mass is 255 g/mol. The molecular formula is C15H23F2N. The molecule has 1 unspecified atom stereocenters. The largest absolute Gasteiger partial charge is 0.312 e. The molecule has 1 atom stereocenters. The zero-order chi connectivity index (χ0) is 13.8. The van der Waals surface area contributed by atoms with E-state index in [2.05, 4.69) is 33.0 Å². The molecule has 1 nitrogen and oxygen atoms in total. The van der Waals surface area contributed by atoms with Crippen LogP contribution in [-0.2, 0) is 6.42 Å². The van der Waals surface area contributed by atoms with Gasteiger partial charge in [0.05, 0.1) is 0 Å². The van der Waals surface area contributed by atoms with Crippen molar-refractivity contribution in [1.82, 2.24) is 5.32 Å². The van der Waals surface area contributed by atoms with Crippen molar-refractivity contribution in [2.45, 2.75) is 46.1 Å². The van der Waals surface area contributed by atoms with Crippen LogP contribution < -0.4 is 5.32 Å². The first-order valence-electron chi connectivity index (χ1n) is 6.50. The SMILES string of the molecule is CCC(CNC(C)(C)C)Cc1ccc(F)c(F)c1. The Balaban J connectivity index is 2.59. The summed E-state index contributed by atoms with van der Waals surface area (Å²) in [6, 6.07) is 4.17. The van der Waals surface area contributed by atoms with Crippen molar-refractivity contribution in [2.75, 3.05) is 6.54 Å². The van der Waals surface area contributed by atoms with E-state index < -0.39 is 11.6 Å². The number of halogens is 2. The second kappa shape index (κ2) is 6.28. The lowest BCUT2D eigenvalue weighted by molar-refractivity contribution is 0.362. The molecule has 0 bridgehead atoms. The van der Waals surface area contributed by atoms with Gasteiger partial charge in [-0.15, -0.1) is 0 Å². The average Bonchev–Trinajstić information content (AvgIpc) is 2.28. The first-order chi connectivity index (χ1) is 8.31. The van der Waals surface area contributed by atoms with Crippen molar-refractivity contribution in [3.63, 3.8) is 0 Å². The van der Waals surface area contributed by atoms with Gasteiger partial charge in [-0.25, -0.2) is 8.78 Å².